The number of hydrogen-bond donors (Lipinski definition) is 2. The third kappa shape index (κ3) is 2.94. The highest BCUT2D eigenvalue weighted by molar-refractivity contribution is 5.98. The summed E-state index contributed by atoms with van der Waals surface area (Å²) < 4.78 is 4.99. The zero-order valence-corrected chi connectivity index (χ0v) is 12.1. The Bertz CT molecular complexity index is 557. The predicted molar refractivity (Wildman–Crippen MR) is 75.5 cm³/mol. The lowest BCUT2D eigenvalue weighted by Gasteiger charge is -2.36. The van der Waals surface area contributed by atoms with Crippen LogP contribution in [-0.4, -0.2) is 46.7 Å². The van der Waals surface area contributed by atoms with E-state index >= 15 is 0 Å². The highest BCUT2D eigenvalue weighted by Gasteiger charge is 2.34. The average Bonchev–Trinajstić information content (AvgIpc) is 2.47. The number of piperidine rings is 1. The lowest BCUT2D eigenvalue weighted by atomic mass is 9.93. The van der Waals surface area contributed by atoms with Gasteiger partial charge < -0.3 is 19.8 Å². The third-order valence-electron chi connectivity index (χ3n) is 3.94. The minimum Gasteiger partial charge on any atom is -0.504 e. The van der Waals surface area contributed by atoms with E-state index in [9.17, 15) is 14.7 Å². The topological polar surface area (TPSA) is 87.1 Å². The van der Waals surface area contributed by atoms with Gasteiger partial charge in [0.2, 0.25) is 0 Å². The molecule has 1 aliphatic rings. The van der Waals surface area contributed by atoms with Crippen LogP contribution in [0.2, 0.25) is 0 Å². The van der Waals surface area contributed by atoms with Crippen molar-refractivity contribution in [2.75, 3.05) is 13.7 Å². The second kappa shape index (κ2) is 6.03. The molecule has 1 fully saturated rings. The summed E-state index contributed by atoms with van der Waals surface area (Å²) in [6.45, 7) is 2.04. The van der Waals surface area contributed by atoms with E-state index in [0.717, 1.165) is 0 Å². The van der Waals surface area contributed by atoms with Gasteiger partial charge in [0.15, 0.2) is 11.5 Å². The molecule has 114 valence electrons. The summed E-state index contributed by atoms with van der Waals surface area (Å²) in [7, 11) is 1.41. The molecular formula is C15H19NO5. The molecule has 21 heavy (non-hydrogen) atoms. The Balaban J connectivity index is 2.28. The lowest BCUT2D eigenvalue weighted by molar-refractivity contribution is -0.143. The number of carboxylic acid groups (broad SMARTS) is 1. The highest BCUT2D eigenvalue weighted by Crippen LogP contribution is 2.32. The van der Waals surface area contributed by atoms with E-state index in [4.69, 9.17) is 9.84 Å². The van der Waals surface area contributed by atoms with E-state index < -0.39 is 11.9 Å². The van der Waals surface area contributed by atoms with Crippen molar-refractivity contribution in [1.82, 2.24) is 4.90 Å². The van der Waals surface area contributed by atoms with Gasteiger partial charge in [-0.25, -0.2) is 0 Å². The zero-order chi connectivity index (χ0) is 15.6. The van der Waals surface area contributed by atoms with Crippen molar-refractivity contribution in [3.63, 3.8) is 0 Å². The fraction of sp³-hybridized carbons (Fsp3) is 0.467. The van der Waals surface area contributed by atoms with E-state index in [1.165, 1.54) is 18.1 Å². The molecule has 1 aromatic carbocycles. The molecule has 1 saturated heterocycles. The van der Waals surface area contributed by atoms with Gasteiger partial charge >= 0.3 is 5.97 Å². The Morgan fingerprint density at radius 1 is 1.33 bits per heavy atom. The number of amides is 1. The molecular weight excluding hydrogens is 274 g/mol. The number of methoxy groups -OCH3 is 1. The third-order valence-corrected chi connectivity index (χ3v) is 3.94. The normalized spacial score (nSPS) is 21.9. The fourth-order valence-electron chi connectivity index (χ4n) is 2.61. The average molecular weight is 293 g/mol. The summed E-state index contributed by atoms with van der Waals surface area (Å²) in [5.41, 5.74) is 0.132. The quantitative estimate of drug-likeness (QED) is 0.886. The van der Waals surface area contributed by atoms with Crippen molar-refractivity contribution >= 4 is 11.9 Å². The molecule has 0 aliphatic carbocycles. The molecule has 1 heterocycles. The summed E-state index contributed by atoms with van der Waals surface area (Å²) in [4.78, 5) is 25.2. The maximum Gasteiger partial charge on any atom is 0.308 e. The Morgan fingerprint density at radius 2 is 2.05 bits per heavy atom. The number of likely N-dealkylation sites (tertiary alicyclic amines) is 1. The van der Waals surface area contributed by atoms with Crippen LogP contribution < -0.4 is 4.74 Å². The van der Waals surface area contributed by atoms with Gasteiger partial charge in [0, 0.05) is 12.6 Å². The van der Waals surface area contributed by atoms with Gasteiger partial charge in [-0.05, 0) is 31.9 Å². The van der Waals surface area contributed by atoms with Crippen LogP contribution in [0, 0.1) is 5.92 Å². The highest BCUT2D eigenvalue weighted by atomic mass is 16.5. The standard InChI is InChI=1S/C15H19NO5/c1-9-6-7-10(15(19)20)8-16(9)14(18)11-4-3-5-12(21-2)13(11)17/h3-5,9-10,17H,6-8H2,1-2H3,(H,19,20). The Labute approximate surface area is 122 Å². The maximum absolute atomic E-state index is 12.6. The fourth-order valence-corrected chi connectivity index (χ4v) is 2.61. The van der Waals surface area contributed by atoms with E-state index in [-0.39, 0.29) is 35.6 Å². The molecule has 6 heteroatoms. The van der Waals surface area contributed by atoms with Crippen LogP contribution in [0.15, 0.2) is 18.2 Å². The number of carbonyl (C=O) groups excluding carboxylic acids is 1. The number of rotatable bonds is 3. The number of ether oxygens (including phenoxy) is 1. The number of nitrogens with zero attached hydrogens (tertiary/aromatic N) is 1. The molecule has 0 spiro atoms. The van der Waals surface area contributed by atoms with Gasteiger partial charge in [0.1, 0.15) is 0 Å². The van der Waals surface area contributed by atoms with Crippen LogP contribution in [0.5, 0.6) is 11.5 Å². The van der Waals surface area contributed by atoms with Crippen LogP contribution in [-0.2, 0) is 4.79 Å². The van der Waals surface area contributed by atoms with Gasteiger partial charge in [-0.3, -0.25) is 9.59 Å². The first-order chi connectivity index (χ1) is 9.95. The van der Waals surface area contributed by atoms with Crippen molar-refractivity contribution in [3.05, 3.63) is 23.8 Å². The van der Waals surface area contributed by atoms with Crippen LogP contribution in [0.1, 0.15) is 30.1 Å². The van der Waals surface area contributed by atoms with Crippen molar-refractivity contribution in [2.45, 2.75) is 25.8 Å². The van der Waals surface area contributed by atoms with E-state index in [1.807, 2.05) is 6.92 Å². The summed E-state index contributed by atoms with van der Waals surface area (Å²) in [6.07, 6.45) is 1.19. The number of phenolic OH excluding ortho intramolecular Hbond substituents is 1. The van der Waals surface area contributed by atoms with Crippen molar-refractivity contribution in [3.8, 4) is 11.5 Å². The molecule has 1 amide bonds. The van der Waals surface area contributed by atoms with Crippen LogP contribution in [0.3, 0.4) is 0 Å². The molecule has 2 unspecified atom stereocenters. The summed E-state index contributed by atoms with van der Waals surface area (Å²) in [5, 5.41) is 19.2. The van der Waals surface area contributed by atoms with E-state index in [0.29, 0.717) is 12.8 Å². The lowest BCUT2D eigenvalue weighted by Crippen LogP contribution is -2.47. The molecule has 1 aromatic rings. The summed E-state index contributed by atoms with van der Waals surface area (Å²) >= 11 is 0. The van der Waals surface area contributed by atoms with E-state index in [2.05, 4.69) is 0 Å². The first-order valence-corrected chi connectivity index (χ1v) is 6.85. The first-order valence-electron chi connectivity index (χ1n) is 6.85. The molecule has 0 saturated carbocycles. The van der Waals surface area contributed by atoms with Crippen molar-refractivity contribution in [2.24, 2.45) is 5.92 Å². The zero-order valence-electron chi connectivity index (χ0n) is 12.1. The number of benzene rings is 1. The molecule has 6 nitrogen and oxygen atoms in total. The van der Waals surface area contributed by atoms with Crippen LogP contribution >= 0.6 is 0 Å². The molecule has 0 radical (unpaired) electrons. The van der Waals surface area contributed by atoms with Crippen molar-refractivity contribution < 1.29 is 24.5 Å². The SMILES string of the molecule is COc1cccc(C(=O)N2CC(C(=O)O)CCC2C)c1O. The molecule has 2 N–H and O–H groups in total. The number of para-hydroxylation sites is 1. The number of carboxylic acids is 1. The smallest absolute Gasteiger partial charge is 0.308 e. The number of aliphatic carboxylic acids is 1. The van der Waals surface area contributed by atoms with Crippen LogP contribution in [0.4, 0.5) is 0 Å². The molecule has 2 atom stereocenters. The Hall–Kier alpha value is -2.24. The monoisotopic (exact) mass is 293 g/mol. The number of aromatic hydroxyl groups is 1. The summed E-state index contributed by atoms with van der Waals surface area (Å²) in [5.74, 6) is -1.81. The minimum absolute atomic E-state index is 0.0568. The van der Waals surface area contributed by atoms with Crippen LogP contribution in [0.25, 0.3) is 0 Å². The maximum atomic E-state index is 12.6. The van der Waals surface area contributed by atoms with Gasteiger partial charge in [-0.1, -0.05) is 6.07 Å². The van der Waals surface area contributed by atoms with Gasteiger partial charge in [0.25, 0.3) is 5.91 Å². The number of hydrogen-bond acceptors (Lipinski definition) is 4. The Kier molecular flexibility index (Phi) is 4.35. The van der Waals surface area contributed by atoms with Crippen molar-refractivity contribution in [1.29, 1.82) is 0 Å². The molecule has 0 bridgehead atoms. The van der Waals surface area contributed by atoms with E-state index in [1.54, 1.807) is 12.1 Å². The second-order valence-corrected chi connectivity index (χ2v) is 5.28. The second-order valence-electron chi connectivity index (χ2n) is 5.28. The van der Waals surface area contributed by atoms with Gasteiger partial charge in [-0.15, -0.1) is 0 Å². The summed E-state index contributed by atoms with van der Waals surface area (Å²) in [6, 6.07) is 4.64. The molecule has 0 aromatic heterocycles. The predicted octanol–water partition coefficient (Wildman–Crippen LogP) is 1.73. The largest absolute Gasteiger partial charge is 0.504 e. The van der Waals surface area contributed by atoms with Gasteiger partial charge in [0.05, 0.1) is 18.6 Å². The minimum atomic E-state index is -0.894. The van der Waals surface area contributed by atoms with Gasteiger partial charge in [-0.2, -0.15) is 0 Å². The molecule has 1 aliphatic heterocycles. The Morgan fingerprint density at radius 3 is 2.67 bits per heavy atom. The number of phenols is 1. The first kappa shape index (κ1) is 15.2. The molecule has 2 rings (SSSR count). The number of carbonyl (C=O) groups is 2.